The molecule has 0 spiro atoms. The maximum atomic E-state index is 11.8. The first kappa shape index (κ1) is 23.5. The number of carbonyl (C=O) groups is 1. The second kappa shape index (κ2) is 12.8. The molecule has 0 aliphatic heterocycles. The van der Waals surface area contributed by atoms with Crippen LogP contribution in [0.5, 0.6) is 5.75 Å². The van der Waals surface area contributed by atoms with Crippen LogP contribution in [-0.2, 0) is 9.53 Å². The van der Waals surface area contributed by atoms with Gasteiger partial charge in [-0.1, -0.05) is 18.2 Å². The summed E-state index contributed by atoms with van der Waals surface area (Å²) in [5, 5.41) is 6.76. The smallest absolute Gasteiger partial charge is 0.308 e. The fourth-order valence-corrected chi connectivity index (χ4v) is 3.13. The number of hydrogen-bond donors (Lipinski definition) is 2. The number of guanidine groups is 1. The van der Waals surface area contributed by atoms with Gasteiger partial charge in [-0.3, -0.25) is 9.79 Å². The van der Waals surface area contributed by atoms with Crippen molar-refractivity contribution in [3.63, 3.8) is 0 Å². The minimum Gasteiger partial charge on any atom is -0.489 e. The SMILES string of the molecule is CCOC(=O)C1CCC(NC(=NC)NCC(C)Oc2ccccc2)CC1.I. The number of nitrogens with zero attached hydrogens (tertiary/aromatic N) is 1. The zero-order valence-electron chi connectivity index (χ0n) is 16.4. The molecule has 1 unspecified atom stereocenters. The van der Waals surface area contributed by atoms with Crippen molar-refractivity contribution in [1.29, 1.82) is 0 Å². The highest BCUT2D eigenvalue weighted by Crippen LogP contribution is 2.25. The molecule has 1 aliphatic carbocycles. The number of hydrogen-bond acceptors (Lipinski definition) is 4. The lowest BCUT2D eigenvalue weighted by molar-refractivity contribution is -0.149. The Morgan fingerprint density at radius 2 is 1.89 bits per heavy atom. The fraction of sp³-hybridized carbons (Fsp3) is 0.600. The van der Waals surface area contributed by atoms with Crippen molar-refractivity contribution in [1.82, 2.24) is 10.6 Å². The van der Waals surface area contributed by atoms with E-state index in [1.807, 2.05) is 44.2 Å². The standard InChI is InChI=1S/C20H31N3O3.HI/c1-4-25-19(24)16-10-12-17(13-11-16)23-20(21-3)22-14-15(2)26-18-8-6-5-7-9-18;/h5-9,15-17H,4,10-14H2,1-3H3,(H2,21,22,23);1H. The van der Waals surface area contributed by atoms with E-state index in [-0.39, 0.29) is 42.0 Å². The second-order valence-electron chi connectivity index (χ2n) is 6.64. The van der Waals surface area contributed by atoms with Gasteiger partial charge in [-0.05, 0) is 51.7 Å². The van der Waals surface area contributed by atoms with Crippen molar-refractivity contribution in [3.05, 3.63) is 30.3 Å². The highest BCUT2D eigenvalue weighted by molar-refractivity contribution is 14.0. The third-order valence-electron chi connectivity index (χ3n) is 4.55. The van der Waals surface area contributed by atoms with Gasteiger partial charge in [0.25, 0.3) is 0 Å². The van der Waals surface area contributed by atoms with Gasteiger partial charge in [-0.15, -0.1) is 24.0 Å². The minimum absolute atomic E-state index is 0. The third-order valence-corrected chi connectivity index (χ3v) is 4.55. The van der Waals surface area contributed by atoms with Gasteiger partial charge in [-0.2, -0.15) is 0 Å². The van der Waals surface area contributed by atoms with Gasteiger partial charge in [0, 0.05) is 13.1 Å². The van der Waals surface area contributed by atoms with Crippen LogP contribution in [0.3, 0.4) is 0 Å². The molecular weight excluding hydrogens is 457 g/mol. The van der Waals surface area contributed by atoms with E-state index >= 15 is 0 Å². The zero-order chi connectivity index (χ0) is 18.8. The average molecular weight is 489 g/mol. The maximum absolute atomic E-state index is 11.8. The van der Waals surface area contributed by atoms with Crippen LogP contribution < -0.4 is 15.4 Å². The van der Waals surface area contributed by atoms with E-state index < -0.39 is 0 Å². The van der Waals surface area contributed by atoms with Gasteiger partial charge in [0.05, 0.1) is 19.1 Å². The van der Waals surface area contributed by atoms with Crippen LogP contribution in [0.25, 0.3) is 0 Å². The van der Waals surface area contributed by atoms with E-state index in [2.05, 4.69) is 15.6 Å². The van der Waals surface area contributed by atoms with Crippen LogP contribution in [0.1, 0.15) is 39.5 Å². The molecule has 1 atom stereocenters. The molecule has 1 aromatic carbocycles. The highest BCUT2D eigenvalue weighted by atomic mass is 127. The van der Waals surface area contributed by atoms with Gasteiger partial charge >= 0.3 is 5.97 Å². The topological polar surface area (TPSA) is 72.0 Å². The van der Waals surface area contributed by atoms with Crippen LogP contribution in [0.2, 0.25) is 0 Å². The molecule has 152 valence electrons. The Morgan fingerprint density at radius 1 is 1.22 bits per heavy atom. The number of carbonyl (C=O) groups excluding carboxylic acids is 1. The summed E-state index contributed by atoms with van der Waals surface area (Å²) >= 11 is 0. The largest absolute Gasteiger partial charge is 0.489 e. The van der Waals surface area contributed by atoms with E-state index in [1.54, 1.807) is 7.05 Å². The number of ether oxygens (including phenoxy) is 2. The lowest BCUT2D eigenvalue weighted by Gasteiger charge is -2.29. The number of benzene rings is 1. The van der Waals surface area contributed by atoms with Gasteiger partial charge in [0.2, 0.25) is 0 Å². The Bertz CT molecular complexity index is 575. The quantitative estimate of drug-likeness (QED) is 0.266. The molecule has 1 aromatic rings. The summed E-state index contributed by atoms with van der Waals surface area (Å²) in [6.07, 6.45) is 3.64. The third kappa shape index (κ3) is 8.36. The summed E-state index contributed by atoms with van der Waals surface area (Å²) in [4.78, 5) is 16.1. The van der Waals surface area contributed by atoms with Gasteiger partial charge in [0.15, 0.2) is 5.96 Å². The number of para-hydroxylation sites is 1. The molecule has 0 aromatic heterocycles. The summed E-state index contributed by atoms with van der Waals surface area (Å²) in [6, 6.07) is 10.1. The molecule has 2 rings (SSSR count). The number of nitrogens with one attached hydrogen (secondary N) is 2. The second-order valence-corrected chi connectivity index (χ2v) is 6.64. The molecular formula is C20H32IN3O3. The molecule has 1 aliphatic rings. The monoisotopic (exact) mass is 489 g/mol. The van der Waals surface area contributed by atoms with Crippen molar-refractivity contribution < 1.29 is 14.3 Å². The average Bonchev–Trinajstić information content (AvgIpc) is 2.66. The van der Waals surface area contributed by atoms with E-state index in [0.717, 1.165) is 37.4 Å². The Hall–Kier alpha value is -1.51. The van der Waals surface area contributed by atoms with Crippen LogP contribution >= 0.6 is 24.0 Å². The molecule has 0 amide bonds. The van der Waals surface area contributed by atoms with Crippen molar-refractivity contribution in [2.45, 2.75) is 51.7 Å². The molecule has 0 saturated heterocycles. The fourth-order valence-electron chi connectivity index (χ4n) is 3.13. The number of esters is 1. The molecule has 0 bridgehead atoms. The minimum atomic E-state index is -0.0552. The highest BCUT2D eigenvalue weighted by Gasteiger charge is 2.27. The molecule has 0 heterocycles. The summed E-state index contributed by atoms with van der Waals surface area (Å²) in [5.74, 6) is 1.62. The van der Waals surface area contributed by atoms with E-state index in [0.29, 0.717) is 19.2 Å². The normalized spacial score (nSPS) is 20.8. The Morgan fingerprint density at radius 3 is 2.48 bits per heavy atom. The van der Waals surface area contributed by atoms with Crippen molar-refractivity contribution in [2.75, 3.05) is 20.2 Å². The van der Waals surface area contributed by atoms with Gasteiger partial charge in [-0.25, -0.2) is 0 Å². The van der Waals surface area contributed by atoms with Crippen LogP contribution in [0, 0.1) is 5.92 Å². The molecule has 7 heteroatoms. The van der Waals surface area contributed by atoms with Gasteiger partial charge < -0.3 is 20.1 Å². The lowest BCUT2D eigenvalue weighted by atomic mass is 9.86. The first-order valence-electron chi connectivity index (χ1n) is 9.47. The molecule has 6 nitrogen and oxygen atoms in total. The molecule has 1 saturated carbocycles. The Balaban J connectivity index is 0.00000364. The summed E-state index contributed by atoms with van der Waals surface area (Å²) in [5.41, 5.74) is 0. The van der Waals surface area contributed by atoms with Gasteiger partial charge in [0.1, 0.15) is 11.9 Å². The Labute approximate surface area is 179 Å². The molecule has 27 heavy (non-hydrogen) atoms. The predicted octanol–water partition coefficient (Wildman–Crippen LogP) is 3.36. The lowest BCUT2D eigenvalue weighted by Crippen LogP contribution is -2.47. The maximum Gasteiger partial charge on any atom is 0.308 e. The first-order valence-corrected chi connectivity index (χ1v) is 9.47. The summed E-state index contributed by atoms with van der Waals surface area (Å²) in [6.45, 7) is 4.99. The summed E-state index contributed by atoms with van der Waals surface area (Å²) < 4.78 is 11.0. The van der Waals surface area contributed by atoms with Crippen LogP contribution in [-0.4, -0.2) is 44.3 Å². The van der Waals surface area contributed by atoms with Crippen molar-refractivity contribution in [2.24, 2.45) is 10.9 Å². The first-order chi connectivity index (χ1) is 12.6. The van der Waals surface area contributed by atoms with Crippen molar-refractivity contribution in [3.8, 4) is 5.75 Å². The van der Waals surface area contributed by atoms with Crippen LogP contribution in [0.4, 0.5) is 0 Å². The number of halogens is 1. The van der Waals surface area contributed by atoms with E-state index in [1.165, 1.54) is 0 Å². The number of aliphatic imine (C=N–C) groups is 1. The molecule has 0 radical (unpaired) electrons. The zero-order valence-corrected chi connectivity index (χ0v) is 18.8. The van der Waals surface area contributed by atoms with E-state index in [4.69, 9.17) is 9.47 Å². The number of rotatable bonds is 7. The molecule has 1 fully saturated rings. The van der Waals surface area contributed by atoms with Crippen molar-refractivity contribution >= 4 is 35.9 Å². The predicted molar refractivity (Wildman–Crippen MR) is 119 cm³/mol. The Kier molecular flexibility index (Phi) is 11.2. The van der Waals surface area contributed by atoms with E-state index in [9.17, 15) is 4.79 Å². The summed E-state index contributed by atoms with van der Waals surface area (Å²) in [7, 11) is 1.77. The molecule has 2 N–H and O–H groups in total. The van der Waals surface area contributed by atoms with Crippen LogP contribution in [0.15, 0.2) is 35.3 Å².